The lowest BCUT2D eigenvalue weighted by molar-refractivity contribution is -0.136. The quantitative estimate of drug-likeness (QED) is 0.805. The van der Waals surface area contributed by atoms with Crippen LogP contribution in [-0.2, 0) is 22.6 Å². The summed E-state index contributed by atoms with van der Waals surface area (Å²) in [6, 6.07) is 16.0. The molecule has 22 heavy (non-hydrogen) atoms. The first-order valence-electron chi connectivity index (χ1n) is 7.35. The van der Waals surface area contributed by atoms with Crippen LogP contribution >= 0.6 is 0 Å². The van der Waals surface area contributed by atoms with Crippen LogP contribution in [0.4, 0.5) is 0 Å². The van der Waals surface area contributed by atoms with Crippen LogP contribution in [0.15, 0.2) is 54.1 Å². The minimum atomic E-state index is -0.249. The molecule has 3 nitrogen and oxygen atoms in total. The van der Waals surface area contributed by atoms with E-state index in [4.69, 9.17) is 9.47 Å². The molecule has 3 heteroatoms. The van der Waals surface area contributed by atoms with Gasteiger partial charge in [0.05, 0.1) is 7.11 Å². The van der Waals surface area contributed by atoms with Crippen LogP contribution in [0.1, 0.15) is 23.1 Å². The van der Waals surface area contributed by atoms with Crippen LogP contribution < -0.4 is 4.74 Å². The molecule has 0 saturated heterocycles. The Hall–Kier alpha value is -2.55. The van der Waals surface area contributed by atoms with Crippen molar-refractivity contribution in [3.8, 4) is 5.75 Å². The van der Waals surface area contributed by atoms with Crippen LogP contribution in [0.3, 0.4) is 0 Å². The Morgan fingerprint density at radius 3 is 2.64 bits per heavy atom. The first-order valence-corrected chi connectivity index (χ1v) is 7.35. The first-order chi connectivity index (χ1) is 10.8. The van der Waals surface area contributed by atoms with E-state index in [1.807, 2.05) is 54.6 Å². The number of esters is 1. The van der Waals surface area contributed by atoms with Crippen molar-refractivity contribution in [1.29, 1.82) is 0 Å². The molecule has 0 aliphatic heterocycles. The molecule has 0 saturated carbocycles. The maximum Gasteiger partial charge on any atom is 0.333 e. The minimum absolute atomic E-state index is 0.249. The fourth-order valence-corrected chi connectivity index (χ4v) is 2.67. The number of carbonyl (C=O) groups excluding carboxylic acids is 1. The lowest BCUT2D eigenvalue weighted by Crippen LogP contribution is -2.11. The van der Waals surface area contributed by atoms with Gasteiger partial charge in [-0.15, -0.1) is 0 Å². The van der Waals surface area contributed by atoms with E-state index in [1.165, 1.54) is 7.11 Å². The van der Waals surface area contributed by atoms with Gasteiger partial charge in [0.2, 0.25) is 0 Å². The van der Waals surface area contributed by atoms with Gasteiger partial charge in [0.15, 0.2) is 0 Å². The van der Waals surface area contributed by atoms with Gasteiger partial charge in [-0.1, -0.05) is 42.5 Å². The van der Waals surface area contributed by atoms with Crippen molar-refractivity contribution >= 4 is 12.0 Å². The molecule has 2 aromatic carbocycles. The monoisotopic (exact) mass is 294 g/mol. The summed E-state index contributed by atoms with van der Waals surface area (Å²) < 4.78 is 10.8. The van der Waals surface area contributed by atoms with Gasteiger partial charge in [-0.3, -0.25) is 0 Å². The normalized spacial score (nSPS) is 13.0. The molecule has 2 aromatic rings. The molecule has 0 bridgehead atoms. The Kier molecular flexibility index (Phi) is 4.24. The molecule has 3 rings (SSSR count). The van der Waals surface area contributed by atoms with Crippen molar-refractivity contribution in [3.63, 3.8) is 0 Å². The summed E-state index contributed by atoms with van der Waals surface area (Å²) in [5, 5.41) is 0. The van der Waals surface area contributed by atoms with Crippen LogP contribution in [0, 0.1) is 0 Å². The Bertz CT molecular complexity index is 702. The van der Waals surface area contributed by atoms with Gasteiger partial charge >= 0.3 is 5.97 Å². The predicted molar refractivity (Wildman–Crippen MR) is 85.5 cm³/mol. The molecule has 0 amide bonds. The lowest BCUT2D eigenvalue weighted by atomic mass is 9.91. The van der Waals surface area contributed by atoms with Gasteiger partial charge in [-0.2, -0.15) is 0 Å². The van der Waals surface area contributed by atoms with E-state index in [0.29, 0.717) is 13.0 Å². The van der Waals surface area contributed by atoms with Crippen LogP contribution in [0.5, 0.6) is 5.75 Å². The molecular formula is C19H18O3. The second-order valence-electron chi connectivity index (χ2n) is 5.26. The number of ether oxygens (including phenoxy) is 2. The van der Waals surface area contributed by atoms with Crippen molar-refractivity contribution in [2.45, 2.75) is 19.4 Å². The molecule has 0 atom stereocenters. The van der Waals surface area contributed by atoms with Crippen molar-refractivity contribution in [1.82, 2.24) is 0 Å². The summed E-state index contributed by atoms with van der Waals surface area (Å²) >= 11 is 0. The second kappa shape index (κ2) is 6.48. The second-order valence-corrected chi connectivity index (χ2v) is 5.26. The number of methoxy groups -OCH3 is 1. The topological polar surface area (TPSA) is 35.5 Å². The number of hydrogen-bond donors (Lipinski definition) is 0. The van der Waals surface area contributed by atoms with E-state index < -0.39 is 0 Å². The predicted octanol–water partition coefficient (Wildman–Crippen LogP) is 3.77. The molecule has 1 aliphatic rings. The van der Waals surface area contributed by atoms with Crippen LogP contribution in [0.25, 0.3) is 6.08 Å². The van der Waals surface area contributed by atoms with Gasteiger partial charge in [0, 0.05) is 11.1 Å². The summed E-state index contributed by atoms with van der Waals surface area (Å²) in [4.78, 5) is 11.7. The largest absolute Gasteiger partial charge is 0.489 e. The van der Waals surface area contributed by atoms with Gasteiger partial charge in [0.25, 0.3) is 0 Å². The van der Waals surface area contributed by atoms with E-state index in [0.717, 1.165) is 34.4 Å². The van der Waals surface area contributed by atoms with Crippen molar-refractivity contribution in [2.75, 3.05) is 7.11 Å². The zero-order chi connectivity index (χ0) is 15.4. The van der Waals surface area contributed by atoms with Gasteiger partial charge in [-0.05, 0) is 36.1 Å². The van der Waals surface area contributed by atoms with Gasteiger partial charge < -0.3 is 9.47 Å². The molecule has 0 spiro atoms. The molecule has 1 aliphatic carbocycles. The number of rotatable bonds is 4. The summed E-state index contributed by atoms with van der Waals surface area (Å²) in [6.07, 6.45) is 3.38. The third-order valence-corrected chi connectivity index (χ3v) is 3.83. The molecule has 0 N–H and O–H groups in total. The number of hydrogen-bond acceptors (Lipinski definition) is 3. The van der Waals surface area contributed by atoms with E-state index in [-0.39, 0.29) is 5.97 Å². The van der Waals surface area contributed by atoms with Crippen LogP contribution in [0.2, 0.25) is 0 Å². The number of fused-ring (bicyclic) bond motifs is 1. The Morgan fingerprint density at radius 1 is 1.05 bits per heavy atom. The Morgan fingerprint density at radius 2 is 1.86 bits per heavy atom. The summed E-state index contributed by atoms with van der Waals surface area (Å²) in [6.45, 7) is 0.546. The zero-order valence-corrected chi connectivity index (χ0v) is 12.5. The highest BCUT2D eigenvalue weighted by molar-refractivity contribution is 5.94. The molecular weight excluding hydrogens is 276 g/mol. The Balaban J connectivity index is 1.81. The summed E-state index contributed by atoms with van der Waals surface area (Å²) in [5.74, 6) is 0.641. The standard InChI is InChI=1S/C19H18O3/c1-21-19(20)16-10-11-17-15(12-16)8-5-9-18(17)22-13-14-6-3-2-4-7-14/h2-9,12H,10-11,13H2,1H3. The third-order valence-electron chi connectivity index (χ3n) is 3.83. The van der Waals surface area contributed by atoms with Gasteiger partial charge in [-0.25, -0.2) is 4.79 Å². The van der Waals surface area contributed by atoms with Gasteiger partial charge in [0.1, 0.15) is 12.4 Å². The van der Waals surface area contributed by atoms with Crippen molar-refractivity contribution < 1.29 is 14.3 Å². The van der Waals surface area contributed by atoms with Crippen molar-refractivity contribution in [3.05, 3.63) is 70.8 Å². The zero-order valence-electron chi connectivity index (χ0n) is 12.5. The number of carbonyl (C=O) groups is 1. The molecule has 0 radical (unpaired) electrons. The first kappa shape index (κ1) is 14.4. The summed E-state index contributed by atoms with van der Waals surface area (Å²) in [5.41, 5.74) is 4.06. The Labute approximate surface area is 130 Å². The maximum absolute atomic E-state index is 11.7. The minimum Gasteiger partial charge on any atom is -0.489 e. The summed E-state index contributed by atoms with van der Waals surface area (Å²) in [7, 11) is 1.41. The molecule has 0 fully saturated rings. The van der Waals surface area contributed by atoms with E-state index in [9.17, 15) is 4.79 Å². The maximum atomic E-state index is 11.7. The average molecular weight is 294 g/mol. The lowest BCUT2D eigenvalue weighted by Gasteiger charge is -2.19. The van der Waals surface area contributed by atoms with Crippen LogP contribution in [-0.4, -0.2) is 13.1 Å². The fourth-order valence-electron chi connectivity index (χ4n) is 2.67. The van der Waals surface area contributed by atoms with E-state index in [2.05, 4.69) is 0 Å². The number of benzene rings is 2. The highest BCUT2D eigenvalue weighted by atomic mass is 16.5. The third kappa shape index (κ3) is 3.03. The molecule has 112 valence electrons. The highest BCUT2D eigenvalue weighted by Crippen LogP contribution is 2.32. The SMILES string of the molecule is COC(=O)C1=Cc2cccc(OCc3ccccc3)c2CC1. The molecule has 0 heterocycles. The fraction of sp³-hybridized carbons (Fsp3) is 0.211. The molecule has 0 unspecified atom stereocenters. The average Bonchev–Trinajstić information content (AvgIpc) is 2.59. The van der Waals surface area contributed by atoms with Crippen molar-refractivity contribution in [2.24, 2.45) is 0 Å². The van der Waals surface area contributed by atoms with E-state index >= 15 is 0 Å². The van der Waals surface area contributed by atoms with E-state index in [1.54, 1.807) is 0 Å². The molecule has 0 aromatic heterocycles. The highest BCUT2D eigenvalue weighted by Gasteiger charge is 2.19. The smallest absolute Gasteiger partial charge is 0.333 e.